The molecule has 178 valence electrons. The zero-order chi connectivity index (χ0) is 25.1. The van der Waals surface area contributed by atoms with E-state index in [1.54, 1.807) is 13.0 Å². The van der Waals surface area contributed by atoms with E-state index in [-0.39, 0.29) is 11.5 Å². The van der Waals surface area contributed by atoms with Gasteiger partial charge in [0.25, 0.3) is 0 Å². The number of Topliss-reactive ketones (excluding diaryl/α,β-unsaturated/α-hetero) is 1. The molecule has 5 aromatic rings. The van der Waals surface area contributed by atoms with Gasteiger partial charge in [-0.25, -0.2) is 9.18 Å². The summed E-state index contributed by atoms with van der Waals surface area (Å²) in [4.78, 5) is 29.8. The number of ether oxygens (including phenoxy) is 1. The molecule has 5 rings (SSSR count). The van der Waals surface area contributed by atoms with E-state index in [0.717, 1.165) is 16.5 Å². The first kappa shape index (κ1) is 22.9. The lowest BCUT2D eigenvalue weighted by Gasteiger charge is -2.10. The first-order valence-electron chi connectivity index (χ1n) is 11.1. The van der Waals surface area contributed by atoms with Gasteiger partial charge in [0.15, 0.2) is 18.1 Å². The molecule has 0 saturated carbocycles. The minimum atomic E-state index is -0.830. The van der Waals surface area contributed by atoms with Crippen LogP contribution >= 0.6 is 0 Å². The number of hydrogen-bond donors (Lipinski definition) is 1. The molecule has 0 atom stereocenters. The number of tetrazole rings is 1. The summed E-state index contributed by atoms with van der Waals surface area (Å²) in [6.07, 6.45) is 1.40. The summed E-state index contributed by atoms with van der Waals surface area (Å²) in [5, 5.41) is 11.9. The number of carbonyl (C=O) groups is 2. The Kier molecular flexibility index (Phi) is 6.19. The van der Waals surface area contributed by atoms with E-state index in [1.165, 1.54) is 29.0 Å². The highest BCUT2D eigenvalue weighted by atomic mass is 19.1. The molecule has 2 aromatic heterocycles. The molecule has 3 aromatic carbocycles. The van der Waals surface area contributed by atoms with Gasteiger partial charge in [-0.15, -0.1) is 5.10 Å². The number of ketones is 1. The predicted octanol–water partition coefficient (Wildman–Crippen LogP) is 4.69. The van der Waals surface area contributed by atoms with Crippen molar-refractivity contribution in [1.82, 2.24) is 25.2 Å². The molecule has 0 aliphatic carbocycles. The van der Waals surface area contributed by atoms with Crippen LogP contribution in [0.15, 0.2) is 78.9 Å². The second-order valence-electron chi connectivity index (χ2n) is 8.01. The van der Waals surface area contributed by atoms with E-state index < -0.39 is 18.4 Å². The highest BCUT2D eigenvalue weighted by molar-refractivity contribution is 6.17. The molecule has 2 heterocycles. The lowest BCUT2D eigenvalue weighted by atomic mass is 10.0. The van der Waals surface area contributed by atoms with Crippen LogP contribution < -0.4 is 0 Å². The van der Waals surface area contributed by atoms with Crippen LogP contribution in [0.2, 0.25) is 0 Å². The number of H-pyrrole nitrogens is 1. The van der Waals surface area contributed by atoms with E-state index in [2.05, 4.69) is 20.5 Å². The van der Waals surface area contributed by atoms with Crippen LogP contribution in [0.3, 0.4) is 0 Å². The number of nitrogens with one attached hydrogen (secondary N) is 1. The number of fused-ring (bicyclic) bond motifs is 1. The number of aromatic nitrogens is 5. The van der Waals surface area contributed by atoms with Crippen LogP contribution in [0.1, 0.15) is 21.7 Å². The van der Waals surface area contributed by atoms with Gasteiger partial charge in [-0.2, -0.15) is 4.68 Å². The molecule has 0 spiro atoms. The normalized spacial score (nSPS) is 11.6. The van der Waals surface area contributed by atoms with Crippen molar-refractivity contribution in [2.45, 2.75) is 6.92 Å². The number of benzene rings is 3. The third-order valence-corrected chi connectivity index (χ3v) is 5.60. The van der Waals surface area contributed by atoms with Gasteiger partial charge in [0.2, 0.25) is 5.78 Å². The molecule has 0 unspecified atom stereocenters. The molecule has 0 fully saturated rings. The molecule has 0 bridgehead atoms. The van der Waals surface area contributed by atoms with E-state index in [0.29, 0.717) is 22.6 Å². The second kappa shape index (κ2) is 9.75. The largest absolute Gasteiger partial charge is 0.453 e. The summed E-state index contributed by atoms with van der Waals surface area (Å²) in [6, 6.07) is 22.6. The third-order valence-electron chi connectivity index (χ3n) is 5.60. The van der Waals surface area contributed by atoms with Crippen molar-refractivity contribution in [2.75, 3.05) is 6.61 Å². The third kappa shape index (κ3) is 4.54. The number of carbonyl (C=O) groups excluding carboxylic acids is 2. The molecule has 8 nitrogen and oxygen atoms in total. The fourth-order valence-corrected chi connectivity index (χ4v) is 3.95. The molecule has 0 amide bonds. The van der Waals surface area contributed by atoms with Crippen molar-refractivity contribution in [3.05, 3.63) is 102 Å². The van der Waals surface area contributed by atoms with Crippen LogP contribution in [0, 0.1) is 12.7 Å². The maximum absolute atomic E-state index is 13.7. The highest BCUT2D eigenvalue weighted by Gasteiger charge is 2.23. The molecule has 0 saturated heterocycles. The zero-order valence-electron chi connectivity index (χ0n) is 19.2. The predicted molar refractivity (Wildman–Crippen MR) is 132 cm³/mol. The van der Waals surface area contributed by atoms with Gasteiger partial charge in [0, 0.05) is 10.9 Å². The highest BCUT2D eigenvalue weighted by Crippen LogP contribution is 2.30. The SMILES string of the molecule is Cc1nnnn1/C(=C/c1cccc(F)c1)C(=O)OCC(=O)c1c(-c2ccccc2)[nH]c2ccccc12. The Labute approximate surface area is 205 Å². The summed E-state index contributed by atoms with van der Waals surface area (Å²) in [7, 11) is 0. The van der Waals surface area contributed by atoms with Gasteiger partial charge in [0.05, 0.1) is 11.3 Å². The maximum atomic E-state index is 13.7. The molecule has 36 heavy (non-hydrogen) atoms. The van der Waals surface area contributed by atoms with Crippen LogP contribution in [-0.2, 0) is 9.53 Å². The molecular weight excluding hydrogens is 461 g/mol. The summed E-state index contributed by atoms with van der Waals surface area (Å²) in [5.41, 5.74) is 3.05. The van der Waals surface area contributed by atoms with Crippen molar-refractivity contribution < 1.29 is 18.7 Å². The van der Waals surface area contributed by atoms with Crippen molar-refractivity contribution in [2.24, 2.45) is 0 Å². The molecule has 1 N–H and O–H groups in total. The number of hydrogen-bond acceptors (Lipinski definition) is 6. The zero-order valence-corrected chi connectivity index (χ0v) is 19.2. The summed E-state index contributed by atoms with van der Waals surface area (Å²) in [5.74, 6) is -1.35. The van der Waals surface area contributed by atoms with Gasteiger partial charge >= 0.3 is 5.97 Å². The average molecular weight is 481 g/mol. The number of nitrogens with zero attached hydrogens (tertiary/aromatic N) is 4. The lowest BCUT2D eigenvalue weighted by molar-refractivity contribution is -0.136. The molecule has 0 aliphatic rings. The Bertz CT molecular complexity index is 1600. The first-order chi connectivity index (χ1) is 17.5. The Hall–Kier alpha value is -4.92. The minimum absolute atomic E-state index is 0.0573. The molecule has 0 aliphatic heterocycles. The van der Waals surface area contributed by atoms with Crippen LogP contribution in [0.4, 0.5) is 4.39 Å². The first-order valence-corrected chi connectivity index (χ1v) is 11.1. The van der Waals surface area contributed by atoms with E-state index in [4.69, 9.17) is 4.74 Å². The van der Waals surface area contributed by atoms with Crippen LogP contribution in [0.5, 0.6) is 0 Å². The monoisotopic (exact) mass is 481 g/mol. The number of para-hydroxylation sites is 1. The number of esters is 1. The van der Waals surface area contributed by atoms with Crippen molar-refractivity contribution >= 4 is 34.4 Å². The summed E-state index contributed by atoms with van der Waals surface area (Å²) < 4.78 is 20.3. The van der Waals surface area contributed by atoms with Crippen molar-refractivity contribution in [1.29, 1.82) is 0 Å². The standard InChI is InChI=1S/C27H20FN5O3/c1-17-30-31-32-33(17)23(15-18-8-7-11-20(28)14-18)27(35)36-16-24(34)25-21-12-5-6-13-22(21)29-26(25)19-9-3-2-4-10-19/h2-15,29H,16H2,1H3/b23-15+. The van der Waals surface area contributed by atoms with Crippen LogP contribution in [0.25, 0.3) is 33.9 Å². The van der Waals surface area contributed by atoms with E-state index >= 15 is 0 Å². The average Bonchev–Trinajstić information content (AvgIpc) is 3.50. The minimum Gasteiger partial charge on any atom is -0.453 e. The lowest BCUT2D eigenvalue weighted by Crippen LogP contribution is -2.19. The van der Waals surface area contributed by atoms with E-state index in [1.807, 2.05) is 54.6 Å². The van der Waals surface area contributed by atoms with E-state index in [9.17, 15) is 14.0 Å². The number of rotatable bonds is 7. The van der Waals surface area contributed by atoms with Crippen molar-refractivity contribution in [3.8, 4) is 11.3 Å². The summed E-state index contributed by atoms with van der Waals surface area (Å²) >= 11 is 0. The molecule has 0 radical (unpaired) electrons. The van der Waals surface area contributed by atoms with Crippen LogP contribution in [-0.4, -0.2) is 43.6 Å². The van der Waals surface area contributed by atoms with Gasteiger partial charge in [-0.05, 0) is 52.8 Å². The smallest absolute Gasteiger partial charge is 0.357 e. The second-order valence-corrected chi connectivity index (χ2v) is 8.01. The fraction of sp³-hybridized carbons (Fsp3) is 0.0741. The Morgan fingerprint density at radius 2 is 1.81 bits per heavy atom. The van der Waals surface area contributed by atoms with Gasteiger partial charge in [-0.1, -0.05) is 60.7 Å². The van der Waals surface area contributed by atoms with Gasteiger partial charge < -0.3 is 9.72 Å². The van der Waals surface area contributed by atoms with Crippen molar-refractivity contribution in [3.63, 3.8) is 0 Å². The topological polar surface area (TPSA) is 103 Å². The molecule has 9 heteroatoms. The summed E-state index contributed by atoms with van der Waals surface area (Å²) in [6.45, 7) is 1.10. The number of aromatic amines is 1. The fourth-order valence-electron chi connectivity index (χ4n) is 3.95. The van der Waals surface area contributed by atoms with Gasteiger partial charge in [-0.3, -0.25) is 4.79 Å². The quantitative estimate of drug-likeness (QED) is 0.205. The molecular formula is C27H20FN5O3. The Balaban J connectivity index is 1.46. The maximum Gasteiger partial charge on any atom is 0.357 e. The Morgan fingerprint density at radius 1 is 1.03 bits per heavy atom. The van der Waals surface area contributed by atoms with Gasteiger partial charge in [0.1, 0.15) is 5.82 Å². The number of halogens is 1. The number of aryl methyl sites for hydroxylation is 1. The Morgan fingerprint density at radius 3 is 2.56 bits per heavy atom.